The van der Waals surface area contributed by atoms with Gasteiger partial charge in [0, 0.05) is 48.1 Å². The fraction of sp³-hybridized carbons (Fsp3) is 0.464. The van der Waals surface area contributed by atoms with Crippen molar-refractivity contribution in [1.29, 1.82) is 0 Å². The third-order valence-electron chi connectivity index (χ3n) is 6.92. The van der Waals surface area contributed by atoms with Crippen LogP contribution in [0.1, 0.15) is 53.0 Å². The van der Waals surface area contributed by atoms with Crippen LogP contribution in [0.4, 0.5) is 0 Å². The predicted octanol–water partition coefficient (Wildman–Crippen LogP) is 5.93. The topological polar surface area (TPSA) is 63.9 Å². The first kappa shape index (κ1) is 25.6. The van der Waals surface area contributed by atoms with E-state index in [-0.39, 0.29) is 11.7 Å². The van der Waals surface area contributed by atoms with Crippen molar-refractivity contribution < 1.29 is 19.4 Å². The molecule has 2 heterocycles. The van der Waals surface area contributed by atoms with Crippen LogP contribution < -0.4 is 0 Å². The van der Waals surface area contributed by atoms with E-state index in [1.165, 1.54) is 5.56 Å². The van der Waals surface area contributed by atoms with Crippen LogP contribution in [0.5, 0.6) is 5.75 Å². The van der Waals surface area contributed by atoms with Crippen LogP contribution in [0.2, 0.25) is 0 Å². The first-order chi connectivity index (χ1) is 17.6. The molecule has 0 bridgehead atoms. The zero-order valence-corrected chi connectivity index (χ0v) is 23.1. The molecule has 8 heteroatoms. The van der Waals surface area contributed by atoms with E-state index in [2.05, 4.69) is 49.7 Å². The Labute approximate surface area is 225 Å². The molecule has 6 nitrogen and oxygen atoms in total. The molecule has 2 aromatic carbocycles. The molecule has 1 aromatic heterocycles. The van der Waals surface area contributed by atoms with Crippen molar-refractivity contribution in [3.8, 4) is 5.75 Å². The van der Waals surface area contributed by atoms with E-state index in [1.54, 1.807) is 0 Å². The number of fused-ring (bicyclic) bond motifs is 1. The van der Waals surface area contributed by atoms with Crippen LogP contribution in [0.3, 0.4) is 0 Å². The summed E-state index contributed by atoms with van der Waals surface area (Å²) in [7, 11) is 0. The van der Waals surface area contributed by atoms with Crippen molar-refractivity contribution in [1.82, 2.24) is 9.47 Å². The van der Waals surface area contributed by atoms with Crippen LogP contribution in [0, 0.1) is 0 Å². The highest BCUT2D eigenvalue weighted by Crippen LogP contribution is 2.47. The molecule has 0 amide bonds. The van der Waals surface area contributed by atoms with Crippen LogP contribution in [0.25, 0.3) is 10.9 Å². The normalized spacial score (nSPS) is 16.5. The Kier molecular flexibility index (Phi) is 8.25. The van der Waals surface area contributed by atoms with Crippen LogP contribution in [-0.2, 0) is 28.2 Å². The minimum absolute atomic E-state index is 0.204. The second-order valence-corrected chi connectivity index (χ2v) is 11.4. The third-order valence-corrected chi connectivity index (χ3v) is 8.49. The lowest BCUT2D eigenvalue weighted by Gasteiger charge is -2.27. The summed E-state index contributed by atoms with van der Waals surface area (Å²) in [4.78, 5) is 15.7. The number of nitrogens with zero attached hydrogens (tertiary/aromatic N) is 2. The predicted molar refractivity (Wildman–Crippen MR) is 148 cm³/mol. The molecular weight excluding hydrogens is 540 g/mol. The average Bonchev–Trinajstić information content (AvgIpc) is 3.68. The van der Waals surface area contributed by atoms with Crippen molar-refractivity contribution in [2.45, 2.75) is 44.5 Å². The summed E-state index contributed by atoms with van der Waals surface area (Å²) >= 11 is 5.44. The number of phenolic OH excluding ortho intramolecular Hbond substituents is 1. The molecule has 36 heavy (non-hydrogen) atoms. The summed E-state index contributed by atoms with van der Waals surface area (Å²) in [5.74, 6) is 1.59. The number of rotatable bonds is 10. The highest BCUT2D eigenvalue weighted by Gasteiger charge is 2.34. The largest absolute Gasteiger partial charge is 0.506 e. The van der Waals surface area contributed by atoms with Gasteiger partial charge in [0.1, 0.15) is 5.75 Å². The maximum Gasteiger partial charge on any atom is 0.340 e. The number of hydrogen-bond acceptors (Lipinski definition) is 6. The number of hydrogen-bond donors (Lipinski definition) is 1. The molecule has 2 aliphatic rings. The monoisotopic (exact) mass is 572 g/mol. The van der Waals surface area contributed by atoms with Crippen molar-refractivity contribution in [2.75, 3.05) is 38.7 Å². The van der Waals surface area contributed by atoms with Crippen LogP contribution in [-0.4, -0.2) is 59.2 Å². The van der Waals surface area contributed by atoms with Gasteiger partial charge in [-0.2, -0.15) is 11.8 Å². The van der Waals surface area contributed by atoms with Gasteiger partial charge in [-0.15, -0.1) is 0 Å². The number of aromatic nitrogens is 1. The summed E-state index contributed by atoms with van der Waals surface area (Å²) in [5.41, 5.74) is 4.76. The van der Waals surface area contributed by atoms with Gasteiger partial charge in [-0.25, -0.2) is 4.79 Å². The Balaban J connectivity index is 1.56. The van der Waals surface area contributed by atoms with Crippen molar-refractivity contribution in [3.05, 3.63) is 63.3 Å². The summed E-state index contributed by atoms with van der Waals surface area (Å²) in [6.45, 7) is 5.67. The quantitative estimate of drug-likeness (QED) is 0.240. The molecule has 0 atom stereocenters. The molecule has 1 saturated carbocycles. The molecule has 3 aromatic rings. The van der Waals surface area contributed by atoms with Gasteiger partial charge in [0.05, 0.1) is 35.4 Å². The molecule has 5 rings (SSSR count). The lowest BCUT2D eigenvalue weighted by Crippen LogP contribution is -2.35. The number of carbonyl (C=O) groups is 1. The van der Waals surface area contributed by atoms with E-state index in [4.69, 9.17) is 9.47 Å². The van der Waals surface area contributed by atoms with E-state index in [0.29, 0.717) is 42.4 Å². The van der Waals surface area contributed by atoms with E-state index in [9.17, 15) is 9.90 Å². The van der Waals surface area contributed by atoms with Gasteiger partial charge in [0.15, 0.2) is 0 Å². The Hall–Kier alpha value is -2.00. The fourth-order valence-corrected chi connectivity index (χ4v) is 6.47. The van der Waals surface area contributed by atoms with Gasteiger partial charge in [0.25, 0.3) is 0 Å². The van der Waals surface area contributed by atoms with Gasteiger partial charge < -0.3 is 19.1 Å². The van der Waals surface area contributed by atoms with E-state index in [1.807, 2.05) is 30.8 Å². The summed E-state index contributed by atoms with van der Waals surface area (Å²) in [6, 6.07) is 12.9. The number of phenols is 1. The van der Waals surface area contributed by atoms with Crippen molar-refractivity contribution in [2.24, 2.45) is 0 Å². The van der Waals surface area contributed by atoms with Gasteiger partial charge in [-0.3, -0.25) is 4.90 Å². The van der Waals surface area contributed by atoms with E-state index >= 15 is 0 Å². The Morgan fingerprint density at radius 1 is 1.22 bits per heavy atom. The first-order valence-corrected chi connectivity index (χ1v) is 14.7. The van der Waals surface area contributed by atoms with E-state index < -0.39 is 0 Å². The lowest BCUT2D eigenvalue weighted by atomic mass is 10.0. The van der Waals surface area contributed by atoms with Gasteiger partial charge in [0.2, 0.25) is 0 Å². The number of halogens is 1. The van der Waals surface area contributed by atoms with Gasteiger partial charge in [-0.1, -0.05) is 30.3 Å². The molecule has 1 aliphatic carbocycles. The summed E-state index contributed by atoms with van der Waals surface area (Å²) < 4.78 is 14.1. The standard InChI is InChI=1S/C28H33BrN2O4S/c1-2-35-28(33)26-24(18-36-15-10-19-6-4-3-5-7-19)31(20-8-9-20)23-16-22(29)27(32)21(25(23)26)17-30-11-13-34-14-12-30/h3-7,16,20,32H,2,8-15,17-18H2,1H3. The van der Waals surface area contributed by atoms with Gasteiger partial charge in [-0.05, 0) is 59.5 Å². The SMILES string of the molecule is CCOC(=O)c1c(CSCCc2ccccc2)n(C2CC2)c2cc(Br)c(O)c(CN3CCOCC3)c12. The number of esters is 1. The molecule has 0 spiro atoms. The van der Waals surface area contributed by atoms with Crippen molar-refractivity contribution >= 4 is 44.6 Å². The number of aryl methyl sites for hydroxylation is 1. The van der Waals surface area contributed by atoms with Crippen LogP contribution in [0.15, 0.2) is 40.9 Å². The molecule has 0 unspecified atom stereocenters. The zero-order valence-electron chi connectivity index (χ0n) is 20.7. The zero-order chi connectivity index (χ0) is 25.1. The molecule has 192 valence electrons. The molecule has 1 saturated heterocycles. The Morgan fingerprint density at radius 3 is 2.67 bits per heavy atom. The second-order valence-electron chi connectivity index (χ2n) is 9.40. The molecular formula is C28H33BrN2O4S. The Morgan fingerprint density at radius 2 is 1.97 bits per heavy atom. The fourth-order valence-electron chi connectivity index (χ4n) is 5.01. The Bertz CT molecular complexity index is 1220. The number of morpholine rings is 1. The van der Waals surface area contributed by atoms with Gasteiger partial charge >= 0.3 is 5.97 Å². The maximum absolute atomic E-state index is 13.5. The molecule has 0 radical (unpaired) electrons. The molecule has 1 aliphatic heterocycles. The number of benzene rings is 2. The lowest BCUT2D eigenvalue weighted by molar-refractivity contribution is 0.0340. The summed E-state index contributed by atoms with van der Waals surface area (Å²) in [5, 5.41) is 12.0. The number of aromatic hydroxyl groups is 1. The van der Waals surface area contributed by atoms with Crippen molar-refractivity contribution in [3.63, 3.8) is 0 Å². The number of thioether (sulfide) groups is 1. The smallest absolute Gasteiger partial charge is 0.340 e. The maximum atomic E-state index is 13.5. The average molecular weight is 574 g/mol. The summed E-state index contributed by atoms with van der Waals surface area (Å²) in [6.07, 6.45) is 3.19. The first-order valence-electron chi connectivity index (χ1n) is 12.7. The highest BCUT2D eigenvalue weighted by molar-refractivity contribution is 9.10. The molecule has 2 fully saturated rings. The molecule has 1 N–H and O–H groups in total. The van der Waals surface area contributed by atoms with Crippen LogP contribution >= 0.6 is 27.7 Å². The number of ether oxygens (including phenoxy) is 2. The second kappa shape index (κ2) is 11.6. The minimum atomic E-state index is -0.300. The third kappa shape index (κ3) is 5.47. The number of carbonyl (C=O) groups excluding carboxylic acids is 1. The minimum Gasteiger partial charge on any atom is -0.506 e. The highest BCUT2D eigenvalue weighted by atomic mass is 79.9. The van der Waals surface area contributed by atoms with E-state index in [0.717, 1.165) is 66.0 Å².